The fraction of sp³-hybridized carbons (Fsp3) is 0.938. The number of carbonyl (C=O) groups excluding carboxylic acids is 1. The Kier molecular flexibility index (Phi) is 5.08. The van der Waals surface area contributed by atoms with Crippen molar-refractivity contribution in [2.24, 2.45) is 11.7 Å². The third kappa shape index (κ3) is 2.86. The molecule has 20 heavy (non-hydrogen) atoms. The van der Waals surface area contributed by atoms with E-state index >= 15 is 0 Å². The van der Waals surface area contributed by atoms with Crippen molar-refractivity contribution in [3.05, 3.63) is 0 Å². The number of nitrogens with zero attached hydrogens (tertiary/aromatic N) is 2. The summed E-state index contributed by atoms with van der Waals surface area (Å²) in [7, 11) is 1.98. The van der Waals surface area contributed by atoms with E-state index in [9.17, 15) is 4.79 Å². The molecule has 1 heterocycles. The Morgan fingerprint density at radius 1 is 1.25 bits per heavy atom. The third-order valence-corrected chi connectivity index (χ3v) is 5.59. The van der Waals surface area contributed by atoms with Crippen molar-refractivity contribution in [2.75, 3.05) is 13.6 Å². The smallest absolute Gasteiger partial charge is 0.239 e. The molecule has 4 heteroatoms. The SMILES string of the molecule is CC1CCC(C)N1C(C)C(=O)N(C)C1CCCC1CN. The van der Waals surface area contributed by atoms with Crippen LogP contribution in [0.5, 0.6) is 0 Å². The number of hydrogen-bond acceptors (Lipinski definition) is 3. The molecule has 0 aromatic rings. The average Bonchev–Trinajstić information content (AvgIpc) is 3.03. The Bertz CT molecular complexity index is 337. The van der Waals surface area contributed by atoms with Crippen molar-refractivity contribution < 1.29 is 4.79 Å². The molecule has 2 rings (SSSR count). The Balaban J connectivity index is 2.02. The first-order chi connectivity index (χ1) is 9.47. The second-order valence-electron chi connectivity index (χ2n) is 6.84. The first-order valence-electron chi connectivity index (χ1n) is 8.21. The Hall–Kier alpha value is -0.610. The Morgan fingerprint density at radius 3 is 2.40 bits per heavy atom. The number of likely N-dealkylation sites (tertiary alicyclic amines) is 1. The van der Waals surface area contributed by atoms with E-state index in [-0.39, 0.29) is 11.9 Å². The molecule has 1 aliphatic carbocycles. The zero-order valence-electron chi connectivity index (χ0n) is 13.5. The molecule has 0 bridgehead atoms. The minimum absolute atomic E-state index is 0.00785. The Morgan fingerprint density at radius 2 is 1.85 bits per heavy atom. The van der Waals surface area contributed by atoms with Crippen LogP contribution in [0, 0.1) is 5.92 Å². The Labute approximate surface area is 123 Å². The molecule has 0 aromatic heterocycles. The highest BCUT2D eigenvalue weighted by Gasteiger charge is 2.38. The summed E-state index contributed by atoms with van der Waals surface area (Å²) >= 11 is 0. The maximum atomic E-state index is 12.8. The lowest BCUT2D eigenvalue weighted by atomic mass is 10.0. The lowest BCUT2D eigenvalue weighted by Crippen LogP contribution is -2.53. The van der Waals surface area contributed by atoms with E-state index in [1.807, 2.05) is 11.9 Å². The molecule has 1 amide bonds. The number of rotatable bonds is 4. The van der Waals surface area contributed by atoms with Gasteiger partial charge in [0.1, 0.15) is 0 Å². The summed E-state index contributed by atoms with van der Waals surface area (Å²) in [4.78, 5) is 17.2. The fourth-order valence-electron chi connectivity index (χ4n) is 4.37. The van der Waals surface area contributed by atoms with Gasteiger partial charge in [0.15, 0.2) is 0 Å². The number of nitrogens with two attached hydrogens (primary N) is 1. The van der Waals surface area contributed by atoms with Crippen LogP contribution in [0.15, 0.2) is 0 Å². The summed E-state index contributed by atoms with van der Waals surface area (Å²) in [6, 6.07) is 1.38. The summed E-state index contributed by atoms with van der Waals surface area (Å²) in [5, 5.41) is 0. The van der Waals surface area contributed by atoms with Gasteiger partial charge in [-0.25, -0.2) is 0 Å². The highest BCUT2D eigenvalue weighted by Crippen LogP contribution is 2.31. The van der Waals surface area contributed by atoms with Crippen LogP contribution in [-0.4, -0.2) is 53.5 Å². The minimum atomic E-state index is -0.00785. The first kappa shape index (κ1) is 15.8. The molecule has 0 radical (unpaired) electrons. The lowest BCUT2D eigenvalue weighted by molar-refractivity contribution is -0.138. The molecule has 0 aromatic carbocycles. The van der Waals surface area contributed by atoms with Gasteiger partial charge in [-0.05, 0) is 58.9 Å². The third-order valence-electron chi connectivity index (χ3n) is 5.59. The maximum absolute atomic E-state index is 12.8. The van der Waals surface area contributed by atoms with Gasteiger partial charge in [-0.3, -0.25) is 9.69 Å². The van der Waals surface area contributed by atoms with Crippen molar-refractivity contribution in [1.82, 2.24) is 9.80 Å². The zero-order valence-corrected chi connectivity index (χ0v) is 13.5. The minimum Gasteiger partial charge on any atom is -0.341 e. The van der Waals surface area contributed by atoms with Gasteiger partial charge in [-0.1, -0.05) is 6.42 Å². The van der Waals surface area contributed by atoms with Crippen molar-refractivity contribution in [2.45, 2.75) is 77.0 Å². The monoisotopic (exact) mass is 281 g/mol. The normalized spacial score (nSPS) is 36.2. The van der Waals surface area contributed by atoms with Crippen LogP contribution in [0.1, 0.15) is 52.9 Å². The van der Waals surface area contributed by atoms with E-state index in [0.717, 1.165) is 6.42 Å². The molecular weight excluding hydrogens is 250 g/mol. The molecule has 2 fully saturated rings. The van der Waals surface area contributed by atoms with E-state index in [4.69, 9.17) is 5.73 Å². The number of hydrogen-bond donors (Lipinski definition) is 1. The topological polar surface area (TPSA) is 49.6 Å². The largest absolute Gasteiger partial charge is 0.341 e. The summed E-state index contributed by atoms with van der Waals surface area (Å²) in [6.07, 6.45) is 5.90. The van der Waals surface area contributed by atoms with Crippen LogP contribution < -0.4 is 5.73 Å². The van der Waals surface area contributed by atoms with Gasteiger partial charge in [0, 0.05) is 25.2 Å². The number of likely N-dealkylation sites (N-methyl/N-ethyl adjacent to an activating group) is 1. The van der Waals surface area contributed by atoms with Crippen molar-refractivity contribution >= 4 is 5.91 Å². The predicted octanol–water partition coefficient (Wildman–Crippen LogP) is 1.83. The molecule has 2 aliphatic rings. The zero-order chi connectivity index (χ0) is 14.9. The van der Waals surface area contributed by atoms with Crippen molar-refractivity contribution in [1.29, 1.82) is 0 Å². The first-order valence-corrected chi connectivity index (χ1v) is 8.21. The standard InChI is InChI=1S/C16H31N3O/c1-11-8-9-12(2)19(11)13(3)16(20)18(4)15-7-5-6-14(15)10-17/h11-15H,5-10,17H2,1-4H3. The summed E-state index contributed by atoms with van der Waals surface area (Å²) in [5.74, 6) is 0.764. The van der Waals surface area contributed by atoms with Crippen molar-refractivity contribution in [3.8, 4) is 0 Å². The molecule has 1 saturated heterocycles. The molecule has 4 nitrogen and oxygen atoms in total. The quantitative estimate of drug-likeness (QED) is 0.855. The van der Waals surface area contributed by atoms with Crippen LogP contribution in [0.3, 0.4) is 0 Å². The van der Waals surface area contributed by atoms with E-state index < -0.39 is 0 Å². The number of carbonyl (C=O) groups is 1. The van der Waals surface area contributed by atoms with Gasteiger partial charge in [-0.15, -0.1) is 0 Å². The van der Waals surface area contributed by atoms with E-state index in [0.29, 0.717) is 30.6 Å². The van der Waals surface area contributed by atoms with Crippen LogP contribution in [0.25, 0.3) is 0 Å². The van der Waals surface area contributed by atoms with Gasteiger partial charge in [0.05, 0.1) is 6.04 Å². The highest BCUT2D eigenvalue weighted by atomic mass is 16.2. The number of amides is 1. The molecule has 1 saturated carbocycles. The lowest BCUT2D eigenvalue weighted by Gasteiger charge is -2.37. The van der Waals surface area contributed by atoms with Crippen LogP contribution in [-0.2, 0) is 4.79 Å². The molecular formula is C16H31N3O. The van der Waals surface area contributed by atoms with Crippen LogP contribution in [0.2, 0.25) is 0 Å². The molecule has 0 spiro atoms. The summed E-state index contributed by atoms with van der Waals surface area (Å²) in [5.41, 5.74) is 5.86. The van der Waals surface area contributed by atoms with Gasteiger partial charge < -0.3 is 10.6 Å². The van der Waals surface area contributed by atoms with Crippen LogP contribution in [0.4, 0.5) is 0 Å². The summed E-state index contributed by atoms with van der Waals surface area (Å²) < 4.78 is 0. The van der Waals surface area contributed by atoms with Gasteiger partial charge in [-0.2, -0.15) is 0 Å². The second-order valence-corrected chi connectivity index (χ2v) is 6.84. The van der Waals surface area contributed by atoms with E-state index in [2.05, 4.69) is 25.7 Å². The van der Waals surface area contributed by atoms with E-state index in [1.165, 1.54) is 25.7 Å². The van der Waals surface area contributed by atoms with E-state index in [1.54, 1.807) is 0 Å². The molecule has 5 unspecified atom stereocenters. The molecule has 116 valence electrons. The highest BCUT2D eigenvalue weighted by molar-refractivity contribution is 5.81. The van der Waals surface area contributed by atoms with Gasteiger partial charge in [0.2, 0.25) is 5.91 Å². The average molecular weight is 281 g/mol. The second kappa shape index (κ2) is 6.44. The van der Waals surface area contributed by atoms with Crippen molar-refractivity contribution in [3.63, 3.8) is 0 Å². The van der Waals surface area contributed by atoms with Gasteiger partial charge >= 0.3 is 0 Å². The predicted molar refractivity (Wildman–Crippen MR) is 82.4 cm³/mol. The molecule has 1 aliphatic heterocycles. The molecule has 2 N–H and O–H groups in total. The maximum Gasteiger partial charge on any atom is 0.239 e. The van der Waals surface area contributed by atoms with Crippen LogP contribution >= 0.6 is 0 Å². The summed E-state index contributed by atoms with van der Waals surface area (Å²) in [6.45, 7) is 7.26. The fourth-order valence-corrected chi connectivity index (χ4v) is 4.37. The van der Waals surface area contributed by atoms with Gasteiger partial charge in [0.25, 0.3) is 0 Å². The molecule has 5 atom stereocenters.